The van der Waals surface area contributed by atoms with Crippen molar-refractivity contribution in [1.29, 1.82) is 0 Å². The lowest BCUT2D eigenvalue weighted by Crippen LogP contribution is -2.63. The monoisotopic (exact) mass is 526 g/mol. The number of unbranched alkanes of at least 4 members (excludes halogenated alkanes) is 4. The maximum Gasteiger partial charge on any atom is 0.137 e. The normalized spacial score (nSPS) is 25.2. The summed E-state index contributed by atoms with van der Waals surface area (Å²) in [6.45, 7) is 11.0. The Morgan fingerprint density at radius 3 is 1.83 bits per heavy atom. The van der Waals surface area contributed by atoms with Crippen molar-refractivity contribution in [2.75, 3.05) is 33.0 Å². The van der Waals surface area contributed by atoms with E-state index in [9.17, 15) is 5.11 Å². The van der Waals surface area contributed by atoms with Gasteiger partial charge in [-0.25, -0.2) is 0 Å². The molecule has 1 aliphatic rings. The average molecular weight is 527 g/mol. The van der Waals surface area contributed by atoms with Crippen LogP contribution in [0.4, 0.5) is 0 Å². The molecule has 1 aromatic carbocycles. The van der Waals surface area contributed by atoms with Crippen LogP contribution >= 0.6 is 11.8 Å². The van der Waals surface area contributed by atoms with E-state index in [1.54, 1.807) is 11.8 Å². The summed E-state index contributed by atoms with van der Waals surface area (Å²) < 4.78 is 32.4. The number of hydrogen-bond acceptors (Lipinski definition) is 7. The summed E-state index contributed by atoms with van der Waals surface area (Å²) in [5.41, 5.74) is -0.310. The van der Waals surface area contributed by atoms with Crippen molar-refractivity contribution in [3.8, 4) is 0 Å². The van der Waals surface area contributed by atoms with Crippen LogP contribution in [0.25, 0.3) is 0 Å². The fraction of sp³-hybridized carbons (Fsp3) is 0.793. The maximum atomic E-state index is 10.3. The lowest BCUT2D eigenvalue weighted by atomic mass is 9.95. The Morgan fingerprint density at radius 1 is 0.750 bits per heavy atom. The molecule has 0 amide bonds. The summed E-state index contributed by atoms with van der Waals surface area (Å²) in [6.07, 6.45) is 6.08. The standard InChI is InChI=1S/C29H50O6S/c1-5-9-18-31-24(22-30)25-26(32-19-10-6-2)27(33-20-11-7-3)28(34-21-12-8-4)29(35-25)36-23-16-14-13-15-17-23/h13-17,24-30H,5-12,18-22H2,1-4H3/t24-,25?,26-,27?,28?,29-/m1/s1. The Bertz CT molecular complexity index is 648. The second-order valence-corrected chi connectivity index (χ2v) is 10.6. The molecule has 2 rings (SSSR count). The van der Waals surface area contributed by atoms with E-state index in [0.717, 1.165) is 56.3 Å². The molecule has 6 nitrogen and oxygen atoms in total. The second kappa shape index (κ2) is 19.4. The van der Waals surface area contributed by atoms with Crippen LogP contribution in [0.5, 0.6) is 0 Å². The number of rotatable bonds is 20. The smallest absolute Gasteiger partial charge is 0.137 e. The minimum atomic E-state index is -0.490. The summed E-state index contributed by atoms with van der Waals surface area (Å²) in [7, 11) is 0. The summed E-state index contributed by atoms with van der Waals surface area (Å²) in [4.78, 5) is 1.11. The molecule has 1 fully saturated rings. The van der Waals surface area contributed by atoms with Gasteiger partial charge in [-0.05, 0) is 37.8 Å². The van der Waals surface area contributed by atoms with E-state index in [2.05, 4.69) is 39.8 Å². The molecule has 208 valence electrons. The highest BCUT2D eigenvalue weighted by Gasteiger charge is 2.51. The van der Waals surface area contributed by atoms with Gasteiger partial charge >= 0.3 is 0 Å². The molecule has 0 radical (unpaired) electrons. The largest absolute Gasteiger partial charge is 0.394 e. The van der Waals surface area contributed by atoms with Crippen LogP contribution in [-0.4, -0.2) is 74.1 Å². The highest BCUT2D eigenvalue weighted by atomic mass is 32.2. The predicted octanol–water partition coefficient (Wildman–Crippen LogP) is 6.24. The van der Waals surface area contributed by atoms with Crippen molar-refractivity contribution >= 4 is 11.8 Å². The van der Waals surface area contributed by atoms with Gasteiger partial charge in [0.05, 0.1) is 6.61 Å². The molecule has 1 aromatic rings. The number of benzene rings is 1. The van der Waals surface area contributed by atoms with Crippen molar-refractivity contribution in [1.82, 2.24) is 0 Å². The zero-order valence-corrected chi connectivity index (χ0v) is 23.8. The number of thioether (sulfide) groups is 1. The Hall–Kier alpha value is -0.670. The number of aliphatic hydroxyl groups excluding tert-OH is 1. The van der Waals surface area contributed by atoms with E-state index in [4.69, 9.17) is 23.7 Å². The van der Waals surface area contributed by atoms with Crippen molar-refractivity contribution in [2.45, 2.75) is 120 Å². The van der Waals surface area contributed by atoms with Gasteiger partial charge in [0.2, 0.25) is 0 Å². The number of aliphatic hydroxyl groups is 1. The van der Waals surface area contributed by atoms with Crippen LogP contribution in [-0.2, 0) is 23.7 Å². The van der Waals surface area contributed by atoms with Gasteiger partial charge in [0, 0.05) is 31.3 Å². The van der Waals surface area contributed by atoms with E-state index in [0.29, 0.717) is 26.4 Å². The van der Waals surface area contributed by atoms with Crippen LogP contribution in [0.3, 0.4) is 0 Å². The van der Waals surface area contributed by atoms with Gasteiger partial charge in [-0.15, -0.1) is 0 Å². The highest BCUT2D eigenvalue weighted by molar-refractivity contribution is 7.99. The third-order valence-electron chi connectivity index (χ3n) is 6.33. The van der Waals surface area contributed by atoms with Gasteiger partial charge in [0.25, 0.3) is 0 Å². The molecule has 0 bridgehead atoms. The summed E-state index contributed by atoms with van der Waals surface area (Å²) >= 11 is 1.64. The maximum absolute atomic E-state index is 10.3. The lowest BCUT2D eigenvalue weighted by molar-refractivity contribution is -0.262. The topological polar surface area (TPSA) is 66.4 Å². The average Bonchev–Trinajstić information content (AvgIpc) is 2.90. The Balaban J connectivity index is 2.39. The highest BCUT2D eigenvalue weighted by Crippen LogP contribution is 2.38. The van der Waals surface area contributed by atoms with Crippen LogP contribution in [0, 0.1) is 0 Å². The van der Waals surface area contributed by atoms with Crippen LogP contribution in [0.15, 0.2) is 35.2 Å². The van der Waals surface area contributed by atoms with Gasteiger partial charge in [0.15, 0.2) is 0 Å². The predicted molar refractivity (Wildman–Crippen MR) is 147 cm³/mol. The lowest BCUT2D eigenvalue weighted by Gasteiger charge is -2.47. The number of hydrogen-bond donors (Lipinski definition) is 1. The van der Waals surface area contributed by atoms with Crippen molar-refractivity contribution in [3.05, 3.63) is 30.3 Å². The first-order chi connectivity index (χ1) is 17.7. The number of ether oxygens (including phenoxy) is 5. The minimum absolute atomic E-state index is 0.131. The first kappa shape index (κ1) is 31.5. The van der Waals surface area contributed by atoms with Gasteiger partial charge in [-0.2, -0.15) is 0 Å². The van der Waals surface area contributed by atoms with Crippen molar-refractivity contribution < 1.29 is 28.8 Å². The SMILES string of the molecule is CCCCOC1C(OCCCC)[C@@H](Sc2ccccc2)OC([C@@H](CO)OCCCC)[C@H]1OCCCC. The molecule has 6 atom stereocenters. The molecule has 36 heavy (non-hydrogen) atoms. The molecule has 7 heteroatoms. The van der Waals surface area contributed by atoms with Gasteiger partial charge in [-0.1, -0.05) is 83.3 Å². The first-order valence-corrected chi connectivity index (χ1v) is 15.0. The molecule has 0 aromatic heterocycles. The molecule has 3 unspecified atom stereocenters. The van der Waals surface area contributed by atoms with E-state index < -0.39 is 12.2 Å². The fourth-order valence-electron chi connectivity index (χ4n) is 4.14. The Kier molecular flexibility index (Phi) is 17.0. The Morgan fingerprint density at radius 2 is 1.28 bits per heavy atom. The van der Waals surface area contributed by atoms with Crippen molar-refractivity contribution in [3.63, 3.8) is 0 Å². The molecule has 1 heterocycles. The molecular formula is C29H50O6S. The van der Waals surface area contributed by atoms with E-state index in [-0.39, 0.29) is 30.4 Å². The zero-order valence-electron chi connectivity index (χ0n) is 22.9. The molecule has 0 aliphatic carbocycles. The fourth-order valence-corrected chi connectivity index (χ4v) is 5.27. The molecule has 1 aliphatic heterocycles. The summed E-state index contributed by atoms with van der Waals surface area (Å²) in [5.74, 6) is 0. The van der Waals surface area contributed by atoms with E-state index in [1.807, 2.05) is 18.2 Å². The molecule has 0 saturated carbocycles. The van der Waals surface area contributed by atoms with Gasteiger partial charge < -0.3 is 28.8 Å². The third kappa shape index (κ3) is 10.6. The summed E-state index contributed by atoms with van der Waals surface area (Å²) in [6, 6.07) is 10.3. The quantitative estimate of drug-likeness (QED) is 0.202. The van der Waals surface area contributed by atoms with E-state index >= 15 is 0 Å². The van der Waals surface area contributed by atoms with E-state index in [1.165, 1.54) is 0 Å². The van der Waals surface area contributed by atoms with Gasteiger partial charge in [-0.3, -0.25) is 0 Å². The minimum Gasteiger partial charge on any atom is -0.394 e. The van der Waals surface area contributed by atoms with Crippen LogP contribution in [0.1, 0.15) is 79.1 Å². The second-order valence-electron chi connectivity index (χ2n) is 9.41. The molecular weight excluding hydrogens is 476 g/mol. The first-order valence-electron chi connectivity index (χ1n) is 14.1. The summed E-state index contributed by atoms with van der Waals surface area (Å²) in [5, 5.41) is 10.3. The zero-order chi connectivity index (χ0) is 26.0. The van der Waals surface area contributed by atoms with Crippen molar-refractivity contribution in [2.24, 2.45) is 0 Å². The molecule has 0 spiro atoms. The molecule has 1 saturated heterocycles. The van der Waals surface area contributed by atoms with Gasteiger partial charge in [0.1, 0.15) is 36.0 Å². The van der Waals surface area contributed by atoms with Crippen LogP contribution in [0.2, 0.25) is 0 Å². The Labute approximate surface area is 223 Å². The molecule has 1 N–H and O–H groups in total. The third-order valence-corrected chi connectivity index (χ3v) is 7.48. The van der Waals surface area contributed by atoms with Crippen LogP contribution < -0.4 is 0 Å².